The zero-order valence-corrected chi connectivity index (χ0v) is 30.5. The molecular weight excluding hydrogens is 822 g/mol. The third-order valence-electron chi connectivity index (χ3n) is 6.40. The molecule has 14 N–H and O–H groups in total. The van der Waals surface area contributed by atoms with Gasteiger partial charge in [-0.25, -0.2) is 38.2 Å². The Hall–Kier alpha value is -3.18. The number of hydrogen-bond donors (Lipinski definition) is 12. The predicted octanol–water partition coefficient (Wildman–Crippen LogP) is -3.08. The SMILES string of the molecule is Nc1nc2c(ncn2[C@@H](CO)O[C@@H](CO)COP(=O)(O)OP(=O)(O)NP(=O)(O)OP(=O)(O)OC[C@H](CO)O[C@H](CO)n2cnc3c(N)ncnc32)c(=O)[nH]1. The molecule has 0 aromatic carbocycles. The van der Waals surface area contributed by atoms with E-state index in [1.54, 1.807) is 0 Å². The van der Waals surface area contributed by atoms with Crippen LogP contribution < -0.4 is 21.9 Å². The molecule has 0 saturated carbocycles. The lowest BCUT2D eigenvalue weighted by molar-refractivity contribution is -0.109. The standard InChI is InChI=1S/C20H33N11O19P4/c21-16-14-17(24-7-23-16)30(8-25-14)12(3-34)47-10(1-32)5-45-53(41,42)49-51(37,38)29-52(39,40)50-54(43,44)46-6-11(2-33)48-13(4-35)31-9-26-15-18(31)27-20(22)28-19(15)36/h7-13,32-35H,1-6H2,(H,41,42)(H,43,44)(H2,21,23,24)(H3,22,27,28,36)(H3,29,37,38,39,40)/t10-,11-,12+,13+/m0/s1. The first-order valence-electron chi connectivity index (χ1n) is 14.4. The first-order valence-corrected chi connectivity index (χ1v) is 20.6. The number of nitrogen functional groups attached to an aromatic ring is 2. The lowest BCUT2D eigenvalue weighted by atomic mass is 10.4. The van der Waals surface area contributed by atoms with Crippen molar-refractivity contribution in [2.24, 2.45) is 0 Å². The first kappa shape index (κ1) is 43.5. The Balaban J connectivity index is 1.31. The molecule has 0 fully saturated rings. The second-order valence-corrected chi connectivity index (χ2v) is 16.9. The van der Waals surface area contributed by atoms with E-state index in [9.17, 15) is 63.1 Å². The maximum absolute atomic E-state index is 12.4. The third kappa shape index (κ3) is 11.4. The molecule has 54 heavy (non-hydrogen) atoms. The highest BCUT2D eigenvalue weighted by molar-refractivity contribution is 7.73. The van der Waals surface area contributed by atoms with Crippen LogP contribution in [0.4, 0.5) is 11.8 Å². The van der Waals surface area contributed by atoms with Crippen LogP contribution >= 0.6 is 31.1 Å². The Kier molecular flexibility index (Phi) is 14.3. The number of aliphatic hydroxyl groups excluding tert-OH is 4. The average molecular weight is 855 g/mol. The van der Waals surface area contributed by atoms with Crippen LogP contribution in [0.5, 0.6) is 0 Å². The fourth-order valence-electron chi connectivity index (χ4n) is 4.22. The number of H-pyrrole nitrogens is 1. The van der Waals surface area contributed by atoms with E-state index in [1.807, 2.05) is 0 Å². The highest BCUT2D eigenvalue weighted by atomic mass is 31.3. The Morgan fingerprint density at radius 1 is 0.722 bits per heavy atom. The molecule has 30 nitrogen and oxygen atoms in total. The van der Waals surface area contributed by atoms with Gasteiger partial charge in [0, 0.05) is 0 Å². The van der Waals surface area contributed by atoms with Crippen LogP contribution in [0.2, 0.25) is 0 Å². The molecule has 4 heterocycles. The van der Waals surface area contributed by atoms with Crippen LogP contribution in [0.25, 0.3) is 22.3 Å². The number of rotatable bonds is 22. The number of nitrogens with zero attached hydrogens (tertiary/aromatic N) is 7. The van der Waals surface area contributed by atoms with E-state index in [4.69, 9.17) is 20.9 Å². The summed E-state index contributed by atoms with van der Waals surface area (Å²) in [5.74, 6) is -0.332. The van der Waals surface area contributed by atoms with Gasteiger partial charge in [-0.2, -0.15) is 13.6 Å². The fraction of sp³-hybridized carbons (Fsp3) is 0.500. The van der Waals surface area contributed by atoms with E-state index in [0.29, 0.717) is 0 Å². The summed E-state index contributed by atoms with van der Waals surface area (Å²) in [6.07, 6.45) is -2.70. The number of ether oxygens (including phenoxy) is 2. The molecule has 0 aliphatic carbocycles. The first-order chi connectivity index (χ1) is 25.2. The number of hydrogen-bond acceptors (Lipinski definition) is 22. The van der Waals surface area contributed by atoms with Crippen LogP contribution in [0.1, 0.15) is 12.5 Å². The zero-order valence-electron chi connectivity index (χ0n) is 26.9. The summed E-state index contributed by atoms with van der Waals surface area (Å²) < 4.78 is 79.7. The minimum atomic E-state index is -5.96. The summed E-state index contributed by atoms with van der Waals surface area (Å²) in [5.41, 5.74) is 10.3. The highest BCUT2D eigenvalue weighted by Crippen LogP contribution is 2.66. The lowest BCUT2D eigenvalue weighted by Crippen LogP contribution is -2.30. The largest absolute Gasteiger partial charge is 0.480 e. The maximum Gasteiger partial charge on any atom is 0.480 e. The minimum absolute atomic E-state index is 0.00960. The molecule has 0 radical (unpaired) electrons. The number of aromatic amines is 1. The Labute approximate surface area is 299 Å². The van der Waals surface area contributed by atoms with Gasteiger partial charge in [0.1, 0.15) is 24.1 Å². The molecule has 4 rings (SSSR count). The normalized spacial score (nSPS) is 19.0. The van der Waals surface area contributed by atoms with Crippen molar-refractivity contribution in [1.29, 1.82) is 0 Å². The maximum atomic E-state index is 12.4. The Morgan fingerprint density at radius 2 is 1.20 bits per heavy atom. The predicted molar refractivity (Wildman–Crippen MR) is 175 cm³/mol. The van der Waals surface area contributed by atoms with Gasteiger partial charge >= 0.3 is 31.1 Å². The van der Waals surface area contributed by atoms with Crippen molar-refractivity contribution in [2.75, 3.05) is 51.1 Å². The van der Waals surface area contributed by atoms with Crippen molar-refractivity contribution in [2.45, 2.75) is 24.7 Å². The number of aliphatic hydroxyl groups is 4. The van der Waals surface area contributed by atoms with Gasteiger partial charge in [-0.05, 0) is 0 Å². The number of nitrogens with two attached hydrogens (primary N) is 2. The molecule has 4 unspecified atom stereocenters. The zero-order chi connectivity index (χ0) is 40.1. The van der Waals surface area contributed by atoms with Crippen molar-refractivity contribution in [3.8, 4) is 0 Å². The topological polar surface area (TPSA) is 457 Å². The molecule has 8 atom stereocenters. The summed E-state index contributed by atoms with van der Waals surface area (Å²) in [6, 6.07) is 0. The van der Waals surface area contributed by atoms with E-state index in [1.165, 1.54) is 4.57 Å². The van der Waals surface area contributed by atoms with Crippen LogP contribution in [-0.4, -0.2) is 131 Å². The monoisotopic (exact) mass is 855 g/mol. The molecule has 0 saturated heterocycles. The molecule has 0 aliphatic rings. The number of anilines is 2. The summed E-state index contributed by atoms with van der Waals surface area (Å²) in [6.45, 7) is -5.71. The molecule has 302 valence electrons. The van der Waals surface area contributed by atoms with E-state index in [0.717, 1.165) is 28.4 Å². The van der Waals surface area contributed by atoms with Gasteiger partial charge in [0.05, 0.1) is 52.3 Å². The lowest BCUT2D eigenvalue weighted by Gasteiger charge is -2.25. The average Bonchev–Trinajstić information content (AvgIpc) is 3.69. The van der Waals surface area contributed by atoms with E-state index in [-0.39, 0.29) is 34.1 Å². The Bertz CT molecular complexity index is 2170. The van der Waals surface area contributed by atoms with Crippen molar-refractivity contribution in [3.63, 3.8) is 0 Å². The second-order valence-electron chi connectivity index (χ2n) is 10.3. The van der Waals surface area contributed by atoms with Crippen LogP contribution in [0, 0.1) is 0 Å². The van der Waals surface area contributed by atoms with Crippen molar-refractivity contribution in [1.82, 2.24) is 43.9 Å². The molecular formula is C20H33N11O19P4. The van der Waals surface area contributed by atoms with Gasteiger partial charge in [-0.15, -0.1) is 4.86 Å². The molecule has 0 spiro atoms. The fourth-order valence-corrected chi connectivity index (χ4v) is 9.77. The number of nitrogens with one attached hydrogen (secondary N) is 2. The van der Waals surface area contributed by atoms with E-state index >= 15 is 0 Å². The quantitative estimate of drug-likeness (QED) is 0.0349. The number of phosphoric acid groups is 2. The van der Waals surface area contributed by atoms with Crippen LogP contribution in [0.15, 0.2) is 23.8 Å². The van der Waals surface area contributed by atoms with Gasteiger partial charge in [0.15, 0.2) is 35.1 Å². The number of aromatic nitrogens is 8. The molecule has 4 aromatic rings. The van der Waals surface area contributed by atoms with Crippen LogP contribution in [-0.2, 0) is 45.4 Å². The molecule has 0 bridgehead atoms. The summed E-state index contributed by atoms with van der Waals surface area (Å²) in [5, 5.41) is 39.0. The highest BCUT2D eigenvalue weighted by Gasteiger charge is 2.44. The van der Waals surface area contributed by atoms with E-state index in [2.05, 4.69) is 47.6 Å². The smallest absolute Gasteiger partial charge is 0.394 e. The summed E-state index contributed by atoms with van der Waals surface area (Å²) >= 11 is 0. The summed E-state index contributed by atoms with van der Waals surface area (Å²) in [7, 11) is -23.3. The van der Waals surface area contributed by atoms with Gasteiger partial charge in [-0.3, -0.25) is 28.0 Å². The number of fused-ring (bicyclic) bond motifs is 2. The molecule has 4 aromatic heterocycles. The van der Waals surface area contributed by atoms with Gasteiger partial charge in [0.25, 0.3) is 5.56 Å². The van der Waals surface area contributed by atoms with Crippen molar-refractivity contribution in [3.05, 3.63) is 29.3 Å². The molecule has 34 heteroatoms. The molecule has 0 aliphatic heterocycles. The molecule has 0 amide bonds. The van der Waals surface area contributed by atoms with Crippen molar-refractivity contribution < 1.29 is 85.4 Å². The van der Waals surface area contributed by atoms with Crippen LogP contribution in [0.3, 0.4) is 0 Å². The van der Waals surface area contributed by atoms with Crippen molar-refractivity contribution >= 4 is 65.2 Å². The number of imidazole rings is 2. The number of phosphoric ester groups is 2. The van der Waals surface area contributed by atoms with Gasteiger partial charge in [0.2, 0.25) is 5.95 Å². The van der Waals surface area contributed by atoms with Gasteiger partial charge in [-0.1, -0.05) is 0 Å². The minimum Gasteiger partial charge on any atom is -0.394 e. The van der Waals surface area contributed by atoms with Gasteiger partial charge < -0.3 is 60.9 Å². The second kappa shape index (κ2) is 17.7. The third-order valence-corrected chi connectivity index (χ3v) is 12.8. The summed E-state index contributed by atoms with van der Waals surface area (Å²) in [4.78, 5) is 74.3. The Morgan fingerprint density at radius 3 is 1.69 bits per heavy atom. The van der Waals surface area contributed by atoms with E-state index < -0.39 is 101 Å².